The Hall–Kier alpha value is -4.60. The molecule has 1 N–H and O–H groups in total. The van der Waals surface area contributed by atoms with Gasteiger partial charge in [-0.05, 0) is 36.4 Å². The maximum Gasteiger partial charge on any atom is 0.282 e. The third kappa shape index (κ3) is 4.12. The summed E-state index contributed by atoms with van der Waals surface area (Å²) >= 11 is 0. The van der Waals surface area contributed by atoms with Gasteiger partial charge in [-0.3, -0.25) is 14.9 Å². The average Bonchev–Trinajstić information content (AvgIpc) is 3.30. The highest BCUT2D eigenvalue weighted by Crippen LogP contribution is 2.24. The third-order valence-corrected chi connectivity index (χ3v) is 4.05. The van der Waals surface area contributed by atoms with Gasteiger partial charge in [-0.2, -0.15) is 5.10 Å². The number of ether oxygens (including phenoxy) is 1. The standard InChI is InChI=1S/C20H14N6O4/c27-20(16-4-1-2-5-17(16)26(28)29)24-14-6-8-15(9-7-14)30-19-12-18(21-13-22-19)25-11-3-10-23-25/h1-13H,(H,24,27). The zero-order chi connectivity index (χ0) is 20.9. The lowest BCUT2D eigenvalue weighted by molar-refractivity contribution is -0.385. The second-order valence-electron chi connectivity index (χ2n) is 6.02. The maximum atomic E-state index is 12.4. The number of amides is 1. The lowest BCUT2D eigenvalue weighted by Gasteiger charge is -2.08. The van der Waals surface area contributed by atoms with Gasteiger partial charge in [0.05, 0.1) is 4.92 Å². The Bertz CT molecular complexity index is 1190. The molecule has 10 heteroatoms. The predicted octanol–water partition coefficient (Wildman–Crippen LogP) is 3.62. The second kappa shape index (κ2) is 8.19. The molecule has 2 aromatic heterocycles. The van der Waals surface area contributed by atoms with Gasteiger partial charge in [0.25, 0.3) is 11.6 Å². The minimum absolute atomic E-state index is 0.0186. The Morgan fingerprint density at radius 3 is 2.60 bits per heavy atom. The molecule has 10 nitrogen and oxygen atoms in total. The van der Waals surface area contributed by atoms with Crippen molar-refractivity contribution >= 4 is 17.3 Å². The van der Waals surface area contributed by atoms with Crippen molar-refractivity contribution in [3.05, 3.63) is 95.1 Å². The molecule has 2 heterocycles. The van der Waals surface area contributed by atoms with Crippen molar-refractivity contribution in [3.8, 4) is 17.4 Å². The number of benzene rings is 2. The molecule has 30 heavy (non-hydrogen) atoms. The lowest BCUT2D eigenvalue weighted by atomic mass is 10.1. The lowest BCUT2D eigenvalue weighted by Crippen LogP contribution is -2.13. The van der Waals surface area contributed by atoms with Crippen LogP contribution in [-0.2, 0) is 0 Å². The Balaban J connectivity index is 1.46. The highest BCUT2D eigenvalue weighted by molar-refractivity contribution is 6.07. The van der Waals surface area contributed by atoms with E-state index < -0.39 is 10.8 Å². The molecule has 4 rings (SSSR count). The quantitative estimate of drug-likeness (QED) is 0.386. The molecule has 2 aromatic carbocycles. The molecule has 0 aliphatic rings. The number of nitro groups is 1. The fourth-order valence-corrected chi connectivity index (χ4v) is 2.67. The maximum absolute atomic E-state index is 12.4. The summed E-state index contributed by atoms with van der Waals surface area (Å²) in [5, 5.41) is 17.8. The van der Waals surface area contributed by atoms with Crippen LogP contribution in [0.25, 0.3) is 5.82 Å². The van der Waals surface area contributed by atoms with Crippen LogP contribution in [0.2, 0.25) is 0 Å². The molecule has 0 radical (unpaired) electrons. The molecule has 0 unspecified atom stereocenters. The van der Waals surface area contributed by atoms with Gasteiger partial charge in [0.15, 0.2) is 5.82 Å². The molecule has 0 aliphatic heterocycles. The Labute approximate surface area is 169 Å². The number of hydrogen-bond acceptors (Lipinski definition) is 7. The van der Waals surface area contributed by atoms with E-state index in [9.17, 15) is 14.9 Å². The number of hydrogen-bond donors (Lipinski definition) is 1. The molecule has 0 aliphatic carbocycles. The fraction of sp³-hybridized carbons (Fsp3) is 0. The first kappa shape index (κ1) is 18.7. The summed E-state index contributed by atoms with van der Waals surface area (Å²) in [5.74, 6) is 0.796. The van der Waals surface area contributed by atoms with Gasteiger partial charge < -0.3 is 10.1 Å². The van der Waals surface area contributed by atoms with Crippen LogP contribution < -0.4 is 10.1 Å². The predicted molar refractivity (Wildman–Crippen MR) is 107 cm³/mol. The molecular weight excluding hydrogens is 388 g/mol. The highest BCUT2D eigenvalue weighted by Gasteiger charge is 2.19. The Morgan fingerprint density at radius 2 is 1.87 bits per heavy atom. The van der Waals surface area contributed by atoms with Crippen molar-refractivity contribution < 1.29 is 14.5 Å². The summed E-state index contributed by atoms with van der Waals surface area (Å²) in [7, 11) is 0. The number of para-hydroxylation sites is 1. The summed E-state index contributed by atoms with van der Waals surface area (Å²) in [6, 6.07) is 15.7. The molecule has 0 saturated carbocycles. The van der Waals surface area contributed by atoms with Crippen LogP contribution in [0.4, 0.5) is 11.4 Å². The summed E-state index contributed by atoms with van der Waals surface area (Å²) < 4.78 is 7.30. The number of nitro benzene ring substituents is 1. The van der Waals surface area contributed by atoms with Crippen LogP contribution >= 0.6 is 0 Å². The number of aromatic nitrogens is 4. The van der Waals surface area contributed by atoms with Crippen LogP contribution in [0, 0.1) is 10.1 Å². The molecule has 1 amide bonds. The zero-order valence-corrected chi connectivity index (χ0v) is 15.4. The second-order valence-corrected chi connectivity index (χ2v) is 6.02. The average molecular weight is 402 g/mol. The first-order valence-corrected chi connectivity index (χ1v) is 8.75. The summed E-state index contributed by atoms with van der Waals surface area (Å²) in [4.78, 5) is 31.1. The minimum Gasteiger partial charge on any atom is -0.439 e. The van der Waals surface area contributed by atoms with E-state index in [1.54, 1.807) is 59.5 Å². The molecule has 148 valence electrons. The normalized spacial score (nSPS) is 10.4. The largest absolute Gasteiger partial charge is 0.439 e. The fourth-order valence-electron chi connectivity index (χ4n) is 2.67. The van der Waals surface area contributed by atoms with Crippen molar-refractivity contribution in [2.45, 2.75) is 0 Å². The summed E-state index contributed by atoms with van der Waals surface area (Å²) in [6.07, 6.45) is 4.76. The molecule has 0 spiro atoms. The first-order valence-electron chi connectivity index (χ1n) is 8.75. The molecular formula is C20H14N6O4. The number of anilines is 1. The first-order chi connectivity index (χ1) is 14.6. The number of nitrogens with one attached hydrogen (secondary N) is 1. The highest BCUT2D eigenvalue weighted by atomic mass is 16.6. The number of carbonyl (C=O) groups is 1. The van der Waals surface area contributed by atoms with Crippen LogP contribution in [-0.4, -0.2) is 30.6 Å². The van der Waals surface area contributed by atoms with Gasteiger partial charge in [0.2, 0.25) is 5.88 Å². The van der Waals surface area contributed by atoms with Crippen molar-refractivity contribution in [1.82, 2.24) is 19.7 Å². The third-order valence-electron chi connectivity index (χ3n) is 4.05. The van der Waals surface area contributed by atoms with Crippen molar-refractivity contribution in [2.75, 3.05) is 5.32 Å². The van der Waals surface area contributed by atoms with Crippen LogP contribution in [0.3, 0.4) is 0 Å². The summed E-state index contributed by atoms with van der Waals surface area (Å²) in [5.41, 5.74) is 0.187. The Kier molecular flexibility index (Phi) is 5.12. The van der Waals surface area contributed by atoms with Gasteiger partial charge in [0, 0.05) is 30.2 Å². The van der Waals surface area contributed by atoms with E-state index in [-0.39, 0.29) is 11.3 Å². The van der Waals surface area contributed by atoms with E-state index in [0.717, 1.165) is 0 Å². The monoisotopic (exact) mass is 402 g/mol. The Morgan fingerprint density at radius 1 is 1.07 bits per heavy atom. The van der Waals surface area contributed by atoms with Gasteiger partial charge in [0.1, 0.15) is 17.6 Å². The van der Waals surface area contributed by atoms with Crippen molar-refractivity contribution in [1.29, 1.82) is 0 Å². The molecule has 0 bridgehead atoms. The van der Waals surface area contributed by atoms with E-state index in [2.05, 4.69) is 20.4 Å². The van der Waals surface area contributed by atoms with Gasteiger partial charge >= 0.3 is 0 Å². The van der Waals surface area contributed by atoms with Crippen molar-refractivity contribution in [2.24, 2.45) is 0 Å². The topological polar surface area (TPSA) is 125 Å². The number of nitrogens with zero attached hydrogens (tertiary/aromatic N) is 5. The molecule has 0 saturated heterocycles. The van der Waals surface area contributed by atoms with Gasteiger partial charge in [-0.1, -0.05) is 12.1 Å². The number of carbonyl (C=O) groups excluding carboxylic acids is 1. The minimum atomic E-state index is -0.592. The van der Waals surface area contributed by atoms with E-state index in [4.69, 9.17) is 4.74 Å². The smallest absolute Gasteiger partial charge is 0.282 e. The van der Waals surface area contributed by atoms with Crippen LogP contribution in [0.15, 0.2) is 79.4 Å². The summed E-state index contributed by atoms with van der Waals surface area (Å²) in [6.45, 7) is 0. The SMILES string of the molecule is O=C(Nc1ccc(Oc2cc(-n3cccn3)ncn2)cc1)c1ccccc1[N+](=O)[O-]. The van der Waals surface area contributed by atoms with E-state index in [1.807, 2.05) is 0 Å². The molecule has 4 aromatic rings. The zero-order valence-electron chi connectivity index (χ0n) is 15.4. The van der Waals surface area contributed by atoms with Crippen molar-refractivity contribution in [3.63, 3.8) is 0 Å². The number of rotatable bonds is 6. The van der Waals surface area contributed by atoms with E-state index >= 15 is 0 Å². The van der Waals surface area contributed by atoms with Crippen LogP contribution in [0.5, 0.6) is 11.6 Å². The molecule has 0 fully saturated rings. The van der Waals surface area contributed by atoms with Crippen LogP contribution in [0.1, 0.15) is 10.4 Å². The molecule has 0 atom stereocenters. The van der Waals surface area contributed by atoms with E-state index in [1.165, 1.54) is 24.5 Å². The van der Waals surface area contributed by atoms with E-state index in [0.29, 0.717) is 23.1 Å². The van der Waals surface area contributed by atoms with Gasteiger partial charge in [-0.25, -0.2) is 14.6 Å². The van der Waals surface area contributed by atoms with Gasteiger partial charge in [-0.15, -0.1) is 0 Å².